The van der Waals surface area contributed by atoms with Crippen molar-refractivity contribution in [1.29, 1.82) is 0 Å². The van der Waals surface area contributed by atoms with E-state index in [4.69, 9.17) is 9.47 Å². The molecule has 2 amide bonds. The van der Waals surface area contributed by atoms with Gasteiger partial charge in [-0.2, -0.15) is 0 Å². The molecule has 0 heterocycles. The molecule has 1 saturated carbocycles. The highest BCUT2D eigenvalue weighted by Crippen LogP contribution is 2.29. The summed E-state index contributed by atoms with van der Waals surface area (Å²) in [7, 11) is 0. The first-order valence-corrected chi connectivity index (χ1v) is 7.89. The molecule has 128 valence electrons. The van der Waals surface area contributed by atoms with Gasteiger partial charge in [0.05, 0.1) is 5.54 Å². The van der Waals surface area contributed by atoms with Crippen LogP contribution in [0.15, 0.2) is 0 Å². The number of carbonyl (C=O) groups excluding carboxylic acids is 2. The van der Waals surface area contributed by atoms with Crippen LogP contribution in [0.1, 0.15) is 67.2 Å². The van der Waals surface area contributed by atoms with Crippen molar-refractivity contribution in [2.75, 3.05) is 6.54 Å². The molecule has 22 heavy (non-hydrogen) atoms. The van der Waals surface area contributed by atoms with Gasteiger partial charge >= 0.3 is 12.2 Å². The molecule has 0 bridgehead atoms. The second-order valence-electron chi connectivity index (χ2n) is 7.97. The Morgan fingerprint density at radius 1 is 0.909 bits per heavy atom. The van der Waals surface area contributed by atoms with Crippen LogP contribution in [0.4, 0.5) is 9.59 Å². The molecule has 0 saturated heterocycles. The average molecular weight is 314 g/mol. The van der Waals surface area contributed by atoms with Gasteiger partial charge < -0.3 is 20.1 Å². The molecule has 0 radical (unpaired) electrons. The van der Waals surface area contributed by atoms with Gasteiger partial charge in [0.2, 0.25) is 0 Å². The summed E-state index contributed by atoms with van der Waals surface area (Å²) in [6, 6.07) is 0. The number of amides is 2. The van der Waals surface area contributed by atoms with E-state index in [2.05, 4.69) is 10.6 Å². The number of hydrogen-bond acceptors (Lipinski definition) is 4. The number of alkyl carbamates (subject to hydrolysis) is 2. The Labute approximate surface area is 133 Å². The minimum Gasteiger partial charge on any atom is -0.444 e. The number of carbonyl (C=O) groups is 2. The minimum absolute atomic E-state index is 0.348. The van der Waals surface area contributed by atoms with Crippen LogP contribution in [0.3, 0.4) is 0 Å². The first kappa shape index (κ1) is 18.6. The number of rotatable bonds is 3. The smallest absolute Gasteiger partial charge is 0.408 e. The fourth-order valence-corrected chi connectivity index (χ4v) is 2.47. The van der Waals surface area contributed by atoms with Gasteiger partial charge in [-0.05, 0) is 54.4 Å². The van der Waals surface area contributed by atoms with Crippen molar-refractivity contribution in [1.82, 2.24) is 10.6 Å². The molecule has 0 unspecified atom stereocenters. The van der Waals surface area contributed by atoms with Crippen LogP contribution in [-0.4, -0.2) is 35.5 Å². The summed E-state index contributed by atoms with van der Waals surface area (Å²) in [5, 5.41) is 5.69. The van der Waals surface area contributed by atoms with E-state index in [1.807, 2.05) is 41.5 Å². The lowest BCUT2D eigenvalue weighted by Crippen LogP contribution is -2.55. The van der Waals surface area contributed by atoms with Gasteiger partial charge in [0.15, 0.2) is 0 Å². The molecule has 6 nitrogen and oxygen atoms in total. The van der Waals surface area contributed by atoms with E-state index < -0.39 is 28.9 Å². The quantitative estimate of drug-likeness (QED) is 0.837. The highest BCUT2D eigenvalue weighted by Gasteiger charge is 2.37. The summed E-state index contributed by atoms with van der Waals surface area (Å²) in [5.74, 6) is 0. The summed E-state index contributed by atoms with van der Waals surface area (Å²) in [6.07, 6.45) is 2.77. The number of ether oxygens (including phenoxy) is 2. The second-order valence-corrected chi connectivity index (χ2v) is 7.97. The van der Waals surface area contributed by atoms with E-state index >= 15 is 0 Å². The van der Waals surface area contributed by atoms with Crippen molar-refractivity contribution in [2.45, 2.75) is 84.0 Å². The first-order chi connectivity index (χ1) is 9.91. The van der Waals surface area contributed by atoms with E-state index in [0.717, 1.165) is 25.7 Å². The lowest BCUT2D eigenvalue weighted by molar-refractivity contribution is 0.0411. The van der Waals surface area contributed by atoms with Gasteiger partial charge in [0.1, 0.15) is 11.2 Å². The van der Waals surface area contributed by atoms with E-state index in [0.29, 0.717) is 6.54 Å². The third-order valence-electron chi connectivity index (χ3n) is 3.30. The van der Waals surface area contributed by atoms with Gasteiger partial charge in [-0.3, -0.25) is 0 Å². The van der Waals surface area contributed by atoms with Gasteiger partial charge in [-0.15, -0.1) is 0 Å². The highest BCUT2D eigenvalue weighted by atomic mass is 16.6. The van der Waals surface area contributed by atoms with E-state index in [1.165, 1.54) is 0 Å². The second kappa shape index (κ2) is 6.75. The van der Waals surface area contributed by atoms with Crippen molar-refractivity contribution < 1.29 is 19.1 Å². The molecular weight excluding hydrogens is 284 g/mol. The summed E-state index contributed by atoms with van der Waals surface area (Å²) in [4.78, 5) is 23.8. The van der Waals surface area contributed by atoms with Crippen LogP contribution in [0.25, 0.3) is 0 Å². The third kappa shape index (κ3) is 7.00. The first-order valence-electron chi connectivity index (χ1n) is 7.89. The highest BCUT2D eigenvalue weighted by molar-refractivity contribution is 5.70. The molecule has 0 aromatic heterocycles. The summed E-state index contributed by atoms with van der Waals surface area (Å²) >= 11 is 0. The maximum absolute atomic E-state index is 12.0. The summed E-state index contributed by atoms with van der Waals surface area (Å²) in [6.45, 7) is 11.3. The molecule has 1 fully saturated rings. The average Bonchev–Trinajstić information content (AvgIpc) is 2.70. The maximum Gasteiger partial charge on any atom is 0.408 e. The minimum atomic E-state index is -0.539. The standard InChI is InChI=1S/C16H30N2O4/c1-14(2,3)21-12(19)17-11-16(9-7-8-10-16)18-13(20)22-15(4,5)6/h7-11H2,1-6H3,(H,17,19)(H,18,20). The zero-order valence-electron chi connectivity index (χ0n) is 14.7. The van der Waals surface area contributed by atoms with E-state index in [9.17, 15) is 9.59 Å². The Bertz CT molecular complexity index is 401. The molecular formula is C16H30N2O4. The Hall–Kier alpha value is -1.46. The van der Waals surface area contributed by atoms with Gasteiger partial charge in [-0.1, -0.05) is 12.8 Å². The van der Waals surface area contributed by atoms with Crippen molar-refractivity contribution >= 4 is 12.2 Å². The fraction of sp³-hybridized carbons (Fsp3) is 0.875. The molecule has 1 aliphatic rings. The van der Waals surface area contributed by atoms with Crippen LogP contribution < -0.4 is 10.6 Å². The molecule has 1 rings (SSSR count). The molecule has 0 atom stereocenters. The maximum atomic E-state index is 12.0. The monoisotopic (exact) mass is 314 g/mol. The summed E-state index contributed by atoms with van der Waals surface area (Å²) in [5.41, 5.74) is -1.52. The lowest BCUT2D eigenvalue weighted by atomic mass is 9.98. The van der Waals surface area contributed by atoms with Crippen molar-refractivity contribution in [3.8, 4) is 0 Å². The van der Waals surface area contributed by atoms with E-state index in [1.54, 1.807) is 0 Å². The predicted octanol–water partition coefficient (Wildman–Crippen LogP) is 3.35. The van der Waals surface area contributed by atoms with Crippen molar-refractivity contribution in [2.24, 2.45) is 0 Å². The fourth-order valence-electron chi connectivity index (χ4n) is 2.47. The molecule has 0 aromatic carbocycles. The summed E-state index contributed by atoms with van der Waals surface area (Å²) < 4.78 is 10.6. The van der Waals surface area contributed by atoms with Crippen LogP contribution in [0.5, 0.6) is 0 Å². The SMILES string of the molecule is CC(C)(C)OC(=O)NCC1(NC(=O)OC(C)(C)C)CCCC1. The number of nitrogens with one attached hydrogen (secondary N) is 2. The van der Waals surface area contributed by atoms with Crippen LogP contribution in [0, 0.1) is 0 Å². The Morgan fingerprint density at radius 3 is 1.82 bits per heavy atom. The van der Waals surface area contributed by atoms with Crippen LogP contribution in [0.2, 0.25) is 0 Å². The topological polar surface area (TPSA) is 76.7 Å². The zero-order chi connectivity index (χ0) is 17.0. The zero-order valence-corrected chi connectivity index (χ0v) is 14.7. The van der Waals surface area contributed by atoms with Gasteiger partial charge in [0.25, 0.3) is 0 Å². The third-order valence-corrected chi connectivity index (χ3v) is 3.30. The lowest BCUT2D eigenvalue weighted by Gasteiger charge is -2.32. The molecule has 0 aromatic rings. The normalized spacial score (nSPS) is 17.7. The van der Waals surface area contributed by atoms with Gasteiger partial charge in [-0.25, -0.2) is 9.59 Å². The van der Waals surface area contributed by atoms with Gasteiger partial charge in [0, 0.05) is 6.54 Å². The predicted molar refractivity (Wildman–Crippen MR) is 84.8 cm³/mol. The van der Waals surface area contributed by atoms with Crippen molar-refractivity contribution in [3.05, 3.63) is 0 Å². The number of hydrogen-bond donors (Lipinski definition) is 2. The van der Waals surface area contributed by atoms with Crippen LogP contribution in [-0.2, 0) is 9.47 Å². The molecule has 0 aliphatic heterocycles. The Kier molecular flexibility index (Phi) is 5.70. The van der Waals surface area contributed by atoms with Crippen molar-refractivity contribution in [3.63, 3.8) is 0 Å². The molecule has 6 heteroatoms. The molecule has 1 aliphatic carbocycles. The largest absolute Gasteiger partial charge is 0.444 e. The Morgan fingerprint density at radius 2 is 1.36 bits per heavy atom. The Balaban J connectivity index is 2.57. The van der Waals surface area contributed by atoms with E-state index in [-0.39, 0.29) is 0 Å². The molecule has 2 N–H and O–H groups in total. The van der Waals surface area contributed by atoms with Crippen LogP contribution >= 0.6 is 0 Å². The molecule has 0 spiro atoms.